The van der Waals surface area contributed by atoms with Crippen LogP contribution in [0.5, 0.6) is 17.4 Å². The summed E-state index contributed by atoms with van der Waals surface area (Å²) in [6.45, 7) is 2.88. The molecule has 4 heteroatoms. The van der Waals surface area contributed by atoms with Gasteiger partial charge < -0.3 is 14.8 Å². The van der Waals surface area contributed by atoms with Gasteiger partial charge in [-0.15, -0.1) is 0 Å². The molecule has 0 saturated heterocycles. The van der Waals surface area contributed by atoms with Crippen molar-refractivity contribution in [1.29, 1.82) is 0 Å². The fourth-order valence-corrected chi connectivity index (χ4v) is 2.14. The summed E-state index contributed by atoms with van der Waals surface area (Å²) in [6, 6.07) is 10.5. The van der Waals surface area contributed by atoms with Crippen molar-refractivity contribution >= 4 is 0 Å². The average Bonchev–Trinajstić information content (AvgIpc) is 3.32. The lowest BCUT2D eigenvalue weighted by Gasteiger charge is -2.11. The second-order valence-electron chi connectivity index (χ2n) is 5.41. The lowest BCUT2D eigenvalue weighted by molar-refractivity contribution is 0.373. The van der Waals surface area contributed by atoms with Crippen LogP contribution in [0.1, 0.15) is 24.0 Å². The second-order valence-corrected chi connectivity index (χ2v) is 5.41. The first kappa shape index (κ1) is 13.9. The molecule has 0 aliphatic heterocycles. The van der Waals surface area contributed by atoms with Crippen LogP contribution in [-0.4, -0.2) is 18.1 Å². The number of rotatable bonds is 6. The molecule has 0 amide bonds. The number of hydrogen-bond donors (Lipinski definition) is 1. The highest BCUT2D eigenvalue weighted by atomic mass is 16.5. The highest BCUT2D eigenvalue weighted by Crippen LogP contribution is 2.31. The Morgan fingerprint density at radius 2 is 2.05 bits per heavy atom. The number of hydrogen-bond acceptors (Lipinski definition) is 4. The van der Waals surface area contributed by atoms with E-state index in [1.807, 2.05) is 37.3 Å². The van der Waals surface area contributed by atoms with E-state index in [4.69, 9.17) is 9.47 Å². The first-order chi connectivity index (χ1) is 10.2. The molecule has 3 rings (SSSR count). The van der Waals surface area contributed by atoms with Crippen LogP contribution >= 0.6 is 0 Å². The summed E-state index contributed by atoms with van der Waals surface area (Å²) >= 11 is 0. The fraction of sp³-hybridized carbons (Fsp3) is 0.353. The predicted molar refractivity (Wildman–Crippen MR) is 81.9 cm³/mol. The fourth-order valence-electron chi connectivity index (χ4n) is 2.14. The van der Waals surface area contributed by atoms with E-state index in [2.05, 4.69) is 10.3 Å². The molecule has 1 aliphatic carbocycles. The Bertz CT molecular complexity index is 624. The van der Waals surface area contributed by atoms with E-state index in [0.29, 0.717) is 17.7 Å². The summed E-state index contributed by atoms with van der Waals surface area (Å²) in [5, 5.41) is 3.49. The molecule has 4 nitrogen and oxygen atoms in total. The second kappa shape index (κ2) is 6.14. The number of nitrogens with one attached hydrogen (secondary N) is 1. The van der Waals surface area contributed by atoms with Gasteiger partial charge in [0.15, 0.2) is 11.5 Å². The van der Waals surface area contributed by atoms with Gasteiger partial charge in [-0.2, -0.15) is 0 Å². The smallest absolute Gasteiger partial charge is 0.219 e. The van der Waals surface area contributed by atoms with Crippen molar-refractivity contribution < 1.29 is 9.47 Å². The maximum Gasteiger partial charge on any atom is 0.219 e. The first-order valence-electron chi connectivity index (χ1n) is 7.25. The minimum Gasteiger partial charge on any atom is -0.493 e. The number of ether oxygens (including phenoxy) is 2. The minimum atomic E-state index is 0.590. The Kier molecular flexibility index (Phi) is 4.06. The van der Waals surface area contributed by atoms with Gasteiger partial charge in [-0.1, -0.05) is 6.07 Å². The number of methoxy groups -OCH3 is 1. The summed E-state index contributed by atoms with van der Waals surface area (Å²) in [5.74, 6) is 1.99. The van der Waals surface area contributed by atoms with Crippen molar-refractivity contribution in [3.05, 3.63) is 47.7 Å². The van der Waals surface area contributed by atoms with E-state index in [-0.39, 0.29) is 0 Å². The molecule has 1 aliphatic rings. The Morgan fingerprint density at radius 1 is 1.19 bits per heavy atom. The van der Waals surface area contributed by atoms with E-state index in [1.54, 1.807) is 13.3 Å². The third kappa shape index (κ3) is 3.73. The maximum absolute atomic E-state index is 5.85. The molecule has 2 aromatic rings. The van der Waals surface area contributed by atoms with Gasteiger partial charge in [-0.25, -0.2) is 4.98 Å². The van der Waals surface area contributed by atoms with Crippen molar-refractivity contribution in [3.8, 4) is 17.4 Å². The molecule has 1 saturated carbocycles. The van der Waals surface area contributed by atoms with Crippen LogP contribution in [0, 0.1) is 6.92 Å². The van der Waals surface area contributed by atoms with Gasteiger partial charge in [0.05, 0.1) is 7.11 Å². The van der Waals surface area contributed by atoms with E-state index in [1.165, 1.54) is 18.4 Å². The van der Waals surface area contributed by atoms with Crippen molar-refractivity contribution in [2.24, 2.45) is 0 Å². The molecule has 0 radical (unpaired) electrons. The van der Waals surface area contributed by atoms with Crippen molar-refractivity contribution in [1.82, 2.24) is 10.3 Å². The quantitative estimate of drug-likeness (QED) is 0.882. The Morgan fingerprint density at radius 3 is 2.81 bits per heavy atom. The van der Waals surface area contributed by atoms with Gasteiger partial charge in [0, 0.05) is 24.8 Å². The summed E-state index contributed by atoms with van der Waals surface area (Å²) < 4.78 is 11.2. The monoisotopic (exact) mass is 284 g/mol. The zero-order chi connectivity index (χ0) is 14.7. The van der Waals surface area contributed by atoms with Crippen LogP contribution in [0.2, 0.25) is 0 Å². The molecule has 0 bridgehead atoms. The number of pyridine rings is 1. The minimum absolute atomic E-state index is 0.590. The average molecular weight is 284 g/mol. The number of aromatic nitrogens is 1. The molecule has 1 fully saturated rings. The van der Waals surface area contributed by atoms with Crippen LogP contribution in [0.4, 0.5) is 0 Å². The van der Waals surface area contributed by atoms with Gasteiger partial charge >= 0.3 is 0 Å². The summed E-state index contributed by atoms with van der Waals surface area (Å²) in [7, 11) is 1.64. The van der Waals surface area contributed by atoms with Crippen molar-refractivity contribution in [3.63, 3.8) is 0 Å². The number of benzene rings is 1. The van der Waals surface area contributed by atoms with Crippen molar-refractivity contribution in [2.75, 3.05) is 7.11 Å². The van der Waals surface area contributed by atoms with E-state index < -0.39 is 0 Å². The number of aryl methyl sites for hydroxylation is 1. The molecule has 21 heavy (non-hydrogen) atoms. The molecule has 0 spiro atoms. The lowest BCUT2D eigenvalue weighted by atomic mass is 10.2. The Balaban J connectivity index is 1.73. The van der Waals surface area contributed by atoms with Crippen LogP contribution in [0.3, 0.4) is 0 Å². The summed E-state index contributed by atoms with van der Waals surface area (Å²) in [5.41, 5.74) is 2.31. The molecule has 1 N–H and O–H groups in total. The lowest BCUT2D eigenvalue weighted by Crippen LogP contribution is -2.15. The molecule has 0 unspecified atom stereocenters. The van der Waals surface area contributed by atoms with Gasteiger partial charge in [0.1, 0.15) is 0 Å². The third-order valence-electron chi connectivity index (χ3n) is 3.51. The van der Waals surface area contributed by atoms with Gasteiger partial charge in [-0.3, -0.25) is 0 Å². The zero-order valence-corrected chi connectivity index (χ0v) is 12.4. The van der Waals surface area contributed by atoms with E-state index >= 15 is 0 Å². The molecule has 1 aromatic heterocycles. The predicted octanol–water partition coefficient (Wildman–Crippen LogP) is 3.44. The molecule has 0 atom stereocenters. The van der Waals surface area contributed by atoms with Crippen molar-refractivity contribution in [2.45, 2.75) is 32.4 Å². The highest BCUT2D eigenvalue weighted by Gasteiger charge is 2.20. The SMILES string of the molecule is COc1cc(C)ccc1Oc1cc(CNC2CC2)ccn1. The van der Waals surface area contributed by atoms with E-state index in [9.17, 15) is 0 Å². The third-order valence-corrected chi connectivity index (χ3v) is 3.51. The molecular formula is C17H20N2O2. The van der Waals surface area contributed by atoms with Gasteiger partial charge in [-0.05, 0) is 49.1 Å². The molecule has 1 aromatic carbocycles. The largest absolute Gasteiger partial charge is 0.493 e. The van der Waals surface area contributed by atoms with E-state index in [0.717, 1.165) is 17.9 Å². The standard InChI is InChI=1S/C17H20N2O2/c1-12-3-6-15(16(9-12)20-2)21-17-10-13(7-8-18-17)11-19-14-4-5-14/h3,6-10,14,19H,4-5,11H2,1-2H3. The normalized spacial score (nSPS) is 14.0. The Hall–Kier alpha value is -2.07. The highest BCUT2D eigenvalue weighted by molar-refractivity contribution is 5.44. The number of nitrogens with zero attached hydrogens (tertiary/aromatic N) is 1. The summed E-state index contributed by atoms with van der Waals surface area (Å²) in [6.07, 6.45) is 4.35. The zero-order valence-electron chi connectivity index (χ0n) is 12.4. The topological polar surface area (TPSA) is 43.4 Å². The van der Waals surface area contributed by atoms with Crippen LogP contribution in [0.25, 0.3) is 0 Å². The molecular weight excluding hydrogens is 264 g/mol. The van der Waals surface area contributed by atoms with Gasteiger partial charge in [0.2, 0.25) is 5.88 Å². The first-order valence-corrected chi connectivity index (χ1v) is 7.25. The van der Waals surface area contributed by atoms with Crippen LogP contribution < -0.4 is 14.8 Å². The molecule has 110 valence electrons. The maximum atomic E-state index is 5.85. The van der Waals surface area contributed by atoms with Gasteiger partial charge in [0.25, 0.3) is 0 Å². The summed E-state index contributed by atoms with van der Waals surface area (Å²) in [4.78, 5) is 4.27. The van der Waals surface area contributed by atoms with Crippen LogP contribution in [-0.2, 0) is 6.54 Å². The molecule has 1 heterocycles. The van der Waals surface area contributed by atoms with Crippen LogP contribution in [0.15, 0.2) is 36.5 Å². The Labute approximate surface area is 125 Å².